The van der Waals surface area contributed by atoms with E-state index in [4.69, 9.17) is 4.42 Å². The first-order chi connectivity index (χ1) is 7.75. The van der Waals surface area contributed by atoms with E-state index in [2.05, 4.69) is 12.2 Å². The van der Waals surface area contributed by atoms with Crippen molar-refractivity contribution in [1.82, 2.24) is 10.2 Å². The molecule has 0 unspecified atom stereocenters. The Morgan fingerprint density at radius 2 is 2.47 bits per heavy atom. The lowest BCUT2D eigenvalue weighted by molar-refractivity contribution is -0.132. The van der Waals surface area contributed by atoms with Gasteiger partial charge in [0, 0.05) is 38.5 Å². The number of hydrogen-bond donors (Lipinski definition) is 1. The average Bonchev–Trinajstić information content (AvgIpc) is 2.78. The second kappa shape index (κ2) is 6.67. The molecule has 1 aromatic rings. The third kappa shape index (κ3) is 4.06. The molecule has 1 aromatic heterocycles. The minimum absolute atomic E-state index is 0. The summed E-state index contributed by atoms with van der Waals surface area (Å²) >= 11 is 0. The quantitative estimate of drug-likeness (QED) is 0.893. The number of furan rings is 1. The fourth-order valence-corrected chi connectivity index (χ4v) is 2.00. The highest BCUT2D eigenvalue weighted by atomic mass is 35.5. The van der Waals surface area contributed by atoms with E-state index in [9.17, 15) is 4.79 Å². The summed E-state index contributed by atoms with van der Waals surface area (Å²) in [5, 5.41) is 3.32. The number of nitrogens with zero attached hydrogens (tertiary/aromatic N) is 1. The minimum Gasteiger partial charge on any atom is -0.469 e. The van der Waals surface area contributed by atoms with Crippen molar-refractivity contribution < 1.29 is 9.21 Å². The number of carbonyl (C=O) groups is 1. The highest BCUT2D eigenvalue weighted by molar-refractivity contribution is 5.85. The molecule has 0 spiro atoms. The van der Waals surface area contributed by atoms with Crippen molar-refractivity contribution in [2.24, 2.45) is 0 Å². The summed E-state index contributed by atoms with van der Waals surface area (Å²) in [7, 11) is 0. The van der Waals surface area contributed by atoms with Crippen LogP contribution in [0.2, 0.25) is 0 Å². The molecular formula is C12H19ClN2O2. The maximum Gasteiger partial charge on any atom is 0.223 e. The number of nitrogens with one attached hydrogen (secondary N) is 1. The third-order valence-corrected chi connectivity index (χ3v) is 2.89. The van der Waals surface area contributed by atoms with E-state index in [1.807, 2.05) is 17.0 Å². The molecular weight excluding hydrogens is 240 g/mol. The van der Waals surface area contributed by atoms with Gasteiger partial charge in [0.05, 0.1) is 6.26 Å². The number of piperazine rings is 1. The van der Waals surface area contributed by atoms with Gasteiger partial charge < -0.3 is 14.6 Å². The molecule has 1 N–H and O–H groups in total. The Bertz CT molecular complexity index is 340. The van der Waals surface area contributed by atoms with E-state index in [0.29, 0.717) is 18.9 Å². The smallest absolute Gasteiger partial charge is 0.223 e. The Morgan fingerprint density at radius 3 is 3.12 bits per heavy atom. The van der Waals surface area contributed by atoms with Crippen LogP contribution in [0.4, 0.5) is 0 Å². The summed E-state index contributed by atoms with van der Waals surface area (Å²) in [5.41, 5.74) is 0. The molecule has 0 bridgehead atoms. The van der Waals surface area contributed by atoms with Crippen molar-refractivity contribution in [2.45, 2.75) is 25.8 Å². The summed E-state index contributed by atoms with van der Waals surface area (Å²) in [6, 6.07) is 4.17. The molecule has 1 aliphatic heterocycles. The fourth-order valence-electron chi connectivity index (χ4n) is 2.00. The molecule has 2 rings (SSSR count). The zero-order chi connectivity index (χ0) is 11.4. The molecule has 4 nitrogen and oxygen atoms in total. The SMILES string of the molecule is C[C@@H]1CN(C(=O)CCc2ccco2)CCN1.Cl. The van der Waals surface area contributed by atoms with E-state index in [1.54, 1.807) is 6.26 Å². The van der Waals surface area contributed by atoms with Gasteiger partial charge in [-0.2, -0.15) is 0 Å². The van der Waals surface area contributed by atoms with E-state index in [1.165, 1.54) is 0 Å². The zero-order valence-electron chi connectivity index (χ0n) is 10.0. The molecule has 0 radical (unpaired) electrons. The van der Waals surface area contributed by atoms with Crippen molar-refractivity contribution in [1.29, 1.82) is 0 Å². The summed E-state index contributed by atoms with van der Waals surface area (Å²) < 4.78 is 5.21. The van der Waals surface area contributed by atoms with Crippen LogP contribution < -0.4 is 5.32 Å². The summed E-state index contributed by atoms with van der Waals surface area (Å²) in [6.45, 7) is 4.64. The first-order valence-electron chi connectivity index (χ1n) is 5.79. The van der Waals surface area contributed by atoms with Crippen molar-refractivity contribution in [2.75, 3.05) is 19.6 Å². The van der Waals surface area contributed by atoms with Crippen LogP contribution >= 0.6 is 12.4 Å². The van der Waals surface area contributed by atoms with Gasteiger partial charge in [-0.05, 0) is 19.1 Å². The molecule has 1 atom stereocenters. The summed E-state index contributed by atoms with van der Waals surface area (Å²) in [4.78, 5) is 13.8. The zero-order valence-corrected chi connectivity index (χ0v) is 10.8. The lowest BCUT2D eigenvalue weighted by Gasteiger charge is -2.31. The highest BCUT2D eigenvalue weighted by Gasteiger charge is 2.20. The Balaban J connectivity index is 0.00000144. The number of hydrogen-bond acceptors (Lipinski definition) is 3. The van der Waals surface area contributed by atoms with Gasteiger partial charge in [-0.25, -0.2) is 0 Å². The van der Waals surface area contributed by atoms with Crippen molar-refractivity contribution >= 4 is 18.3 Å². The lowest BCUT2D eigenvalue weighted by atomic mass is 10.2. The molecule has 1 amide bonds. The summed E-state index contributed by atoms with van der Waals surface area (Å²) in [6.07, 6.45) is 2.89. The Kier molecular flexibility index (Phi) is 5.51. The Labute approximate surface area is 108 Å². The second-order valence-electron chi connectivity index (χ2n) is 4.27. The van der Waals surface area contributed by atoms with Crippen molar-refractivity contribution in [3.8, 4) is 0 Å². The van der Waals surface area contributed by atoms with Gasteiger partial charge in [0.15, 0.2) is 0 Å². The molecule has 5 heteroatoms. The van der Waals surface area contributed by atoms with Crippen LogP contribution in [0.15, 0.2) is 22.8 Å². The first-order valence-corrected chi connectivity index (χ1v) is 5.79. The average molecular weight is 259 g/mol. The topological polar surface area (TPSA) is 45.5 Å². The van der Waals surface area contributed by atoms with Crippen LogP contribution in [0.5, 0.6) is 0 Å². The van der Waals surface area contributed by atoms with Gasteiger partial charge >= 0.3 is 0 Å². The van der Waals surface area contributed by atoms with Gasteiger partial charge in [0.2, 0.25) is 5.91 Å². The maximum atomic E-state index is 11.9. The molecule has 0 saturated carbocycles. The molecule has 96 valence electrons. The van der Waals surface area contributed by atoms with E-state index < -0.39 is 0 Å². The van der Waals surface area contributed by atoms with Crippen LogP contribution in [0.3, 0.4) is 0 Å². The van der Waals surface area contributed by atoms with Gasteiger partial charge in [-0.1, -0.05) is 0 Å². The molecule has 1 fully saturated rings. The number of rotatable bonds is 3. The van der Waals surface area contributed by atoms with Crippen LogP contribution in [0.1, 0.15) is 19.1 Å². The van der Waals surface area contributed by atoms with E-state index in [0.717, 1.165) is 25.4 Å². The minimum atomic E-state index is 0. The Hall–Kier alpha value is -1.00. The van der Waals surface area contributed by atoms with Gasteiger partial charge in [-0.15, -0.1) is 12.4 Å². The standard InChI is InChI=1S/C12H18N2O2.ClH/c1-10-9-14(7-6-13-10)12(15)5-4-11-3-2-8-16-11;/h2-3,8,10,13H,4-7,9H2,1H3;1H/t10-;/m1./s1. The normalized spacial score (nSPS) is 19.8. The molecule has 2 heterocycles. The van der Waals surface area contributed by atoms with Crippen molar-refractivity contribution in [3.05, 3.63) is 24.2 Å². The molecule has 17 heavy (non-hydrogen) atoms. The van der Waals surface area contributed by atoms with E-state index >= 15 is 0 Å². The van der Waals surface area contributed by atoms with E-state index in [-0.39, 0.29) is 18.3 Å². The van der Waals surface area contributed by atoms with Crippen LogP contribution in [0.25, 0.3) is 0 Å². The number of aryl methyl sites for hydroxylation is 1. The predicted octanol–water partition coefficient (Wildman–Crippen LogP) is 1.45. The van der Waals surface area contributed by atoms with Crippen LogP contribution in [-0.2, 0) is 11.2 Å². The first kappa shape index (κ1) is 14.1. The largest absolute Gasteiger partial charge is 0.469 e. The monoisotopic (exact) mass is 258 g/mol. The van der Waals surface area contributed by atoms with Gasteiger partial charge in [-0.3, -0.25) is 4.79 Å². The predicted molar refractivity (Wildman–Crippen MR) is 68.3 cm³/mol. The molecule has 1 saturated heterocycles. The number of amides is 1. The van der Waals surface area contributed by atoms with Crippen LogP contribution in [0, 0.1) is 0 Å². The highest BCUT2D eigenvalue weighted by Crippen LogP contribution is 2.07. The van der Waals surface area contributed by atoms with Crippen molar-refractivity contribution in [3.63, 3.8) is 0 Å². The maximum absolute atomic E-state index is 11.9. The number of halogens is 1. The molecule has 1 aliphatic rings. The fraction of sp³-hybridized carbons (Fsp3) is 0.583. The number of carbonyl (C=O) groups excluding carboxylic acids is 1. The van der Waals surface area contributed by atoms with Gasteiger partial charge in [0.25, 0.3) is 0 Å². The summed E-state index contributed by atoms with van der Waals surface area (Å²) in [5.74, 6) is 1.11. The Morgan fingerprint density at radius 1 is 1.65 bits per heavy atom. The van der Waals surface area contributed by atoms with Crippen LogP contribution in [-0.4, -0.2) is 36.5 Å². The third-order valence-electron chi connectivity index (χ3n) is 2.89. The molecule has 0 aromatic carbocycles. The van der Waals surface area contributed by atoms with Gasteiger partial charge in [0.1, 0.15) is 5.76 Å². The molecule has 0 aliphatic carbocycles. The lowest BCUT2D eigenvalue weighted by Crippen LogP contribution is -2.51. The second-order valence-corrected chi connectivity index (χ2v) is 4.27.